The number of nitrogens with one attached hydrogen (secondary N) is 1. The number of nitrogens with zero attached hydrogens (tertiary/aromatic N) is 1. The van der Waals surface area contributed by atoms with Crippen molar-refractivity contribution in [3.63, 3.8) is 0 Å². The Morgan fingerprint density at radius 3 is 2.48 bits per heavy atom. The zero-order chi connectivity index (χ0) is 20.0. The van der Waals surface area contributed by atoms with Gasteiger partial charge in [0.05, 0.1) is 13.7 Å². The maximum absolute atomic E-state index is 12.3. The van der Waals surface area contributed by atoms with E-state index in [2.05, 4.69) is 37.2 Å². The second-order valence-electron chi connectivity index (χ2n) is 5.92. The number of hydrogen-bond donors (Lipinski definition) is 1. The normalized spacial score (nSPS) is 10.7. The Labute approximate surface area is 175 Å². The highest BCUT2D eigenvalue weighted by Crippen LogP contribution is 2.24. The van der Waals surface area contributed by atoms with Crippen molar-refractivity contribution in [3.8, 4) is 5.75 Å². The topological polar surface area (TPSA) is 58.6 Å². The molecule has 0 saturated heterocycles. The molecule has 2 aromatic carbocycles. The molecule has 27 heavy (non-hydrogen) atoms. The number of hydrogen-bond acceptors (Lipinski definition) is 3. The van der Waals surface area contributed by atoms with Crippen molar-refractivity contribution in [2.45, 2.75) is 6.92 Å². The van der Waals surface area contributed by atoms with Gasteiger partial charge in [-0.15, -0.1) is 0 Å². The molecule has 0 saturated carbocycles. The number of halogens is 2. The summed E-state index contributed by atoms with van der Waals surface area (Å²) in [6.07, 6.45) is 3.08. The number of amides is 2. The molecule has 0 atom stereocenters. The van der Waals surface area contributed by atoms with Gasteiger partial charge in [-0.2, -0.15) is 0 Å². The van der Waals surface area contributed by atoms with Gasteiger partial charge in [0, 0.05) is 33.3 Å². The molecular weight excluding hydrogens is 476 g/mol. The van der Waals surface area contributed by atoms with Crippen LogP contribution in [0.5, 0.6) is 5.75 Å². The van der Waals surface area contributed by atoms with E-state index in [1.165, 1.54) is 11.0 Å². The molecule has 0 heterocycles. The van der Waals surface area contributed by atoms with Gasteiger partial charge < -0.3 is 15.0 Å². The number of likely N-dealkylation sites (N-methyl/N-ethyl adjacent to an activating group) is 1. The van der Waals surface area contributed by atoms with Crippen molar-refractivity contribution in [2.75, 3.05) is 26.0 Å². The van der Waals surface area contributed by atoms with E-state index in [1.54, 1.807) is 20.2 Å². The molecule has 0 aliphatic heterocycles. The van der Waals surface area contributed by atoms with Gasteiger partial charge in [-0.3, -0.25) is 9.59 Å². The number of aryl methyl sites for hydroxylation is 1. The van der Waals surface area contributed by atoms with Gasteiger partial charge in [-0.25, -0.2) is 0 Å². The van der Waals surface area contributed by atoms with Crippen LogP contribution in [0.1, 0.15) is 11.1 Å². The molecule has 1 N–H and O–H groups in total. The Morgan fingerprint density at radius 2 is 1.81 bits per heavy atom. The third kappa shape index (κ3) is 6.22. The Kier molecular flexibility index (Phi) is 7.62. The van der Waals surface area contributed by atoms with Gasteiger partial charge >= 0.3 is 0 Å². The zero-order valence-corrected chi connectivity index (χ0v) is 18.4. The molecule has 0 aliphatic carbocycles. The lowest BCUT2D eigenvalue weighted by atomic mass is 10.2. The van der Waals surface area contributed by atoms with Gasteiger partial charge in [0.2, 0.25) is 11.8 Å². The second-order valence-corrected chi connectivity index (χ2v) is 7.75. The molecule has 7 heteroatoms. The Balaban J connectivity index is 1.98. The first-order valence-electron chi connectivity index (χ1n) is 8.13. The minimum Gasteiger partial charge on any atom is -0.496 e. The summed E-state index contributed by atoms with van der Waals surface area (Å²) in [5.41, 5.74) is 2.43. The average Bonchev–Trinajstić information content (AvgIpc) is 2.62. The Morgan fingerprint density at radius 1 is 1.15 bits per heavy atom. The van der Waals surface area contributed by atoms with E-state index in [1.807, 2.05) is 43.3 Å². The number of rotatable bonds is 6. The van der Waals surface area contributed by atoms with E-state index in [0.717, 1.165) is 25.8 Å². The van der Waals surface area contributed by atoms with Crippen LogP contribution in [-0.4, -0.2) is 37.4 Å². The quantitative estimate of drug-likeness (QED) is 0.594. The summed E-state index contributed by atoms with van der Waals surface area (Å²) in [5.74, 6) is 0.123. The lowest BCUT2D eigenvalue weighted by Crippen LogP contribution is -2.34. The minimum absolute atomic E-state index is 0.0473. The summed E-state index contributed by atoms with van der Waals surface area (Å²) >= 11 is 6.78. The van der Waals surface area contributed by atoms with Crippen molar-refractivity contribution in [3.05, 3.63) is 62.5 Å². The highest BCUT2D eigenvalue weighted by Gasteiger charge is 2.12. The van der Waals surface area contributed by atoms with Crippen molar-refractivity contribution in [1.29, 1.82) is 0 Å². The zero-order valence-electron chi connectivity index (χ0n) is 15.3. The molecule has 142 valence electrons. The standard InChI is InChI=1S/C20H20Br2N2O3/c1-13-10-15(21)5-7-17(13)23-19(25)12-24(2)20(26)9-4-14-11-16(22)6-8-18(14)27-3/h4-11H,12H2,1-3H3,(H,23,25). The largest absolute Gasteiger partial charge is 0.496 e. The molecule has 0 aliphatic rings. The molecule has 0 unspecified atom stereocenters. The van der Waals surface area contributed by atoms with E-state index in [9.17, 15) is 9.59 Å². The summed E-state index contributed by atoms with van der Waals surface area (Å²) in [6, 6.07) is 11.1. The lowest BCUT2D eigenvalue weighted by Gasteiger charge is -2.16. The molecule has 0 bridgehead atoms. The minimum atomic E-state index is -0.278. The average molecular weight is 496 g/mol. The van der Waals surface area contributed by atoms with E-state index in [0.29, 0.717) is 5.75 Å². The van der Waals surface area contributed by atoms with Crippen LogP contribution in [0.3, 0.4) is 0 Å². The number of benzene rings is 2. The van der Waals surface area contributed by atoms with E-state index in [4.69, 9.17) is 4.74 Å². The second kappa shape index (κ2) is 9.71. The molecule has 2 amide bonds. The first-order chi connectivity index (χ1) is 12.8. The summed E-state index contributed by atoms with van der Waals surface area (Å²) in [6.45, 7) is 1.86. The molecule has 2 aromatic rings. The highest BCUT2D eigenvalue weighted by molar-refractivity contribution is 9.10. The first kappa shape index (κ1) is 21.2. The van der Waals surface area contributed by atoms with Gasteiger partial charge in [0.1, 0.15) is 5.75 Å². The van der Waals surface area contributed by atoms with Gasteiger partial charge in [0.25, 0.3) is 0 Å². The highest BCUT2D eigenvalue weighted by atomic mass is 79.9. The fourth-order valence-corrected chi connectivity index (χ4v) is 3.23. The summed E-state index contributed by atoms with van der Waals surface area (Å²) < 4.78 is 7.10. The first-order valence-corrected chi connectivity index (χ1v) is 9.71. The van der Waals surface area contributed by atoms with Crippen LogP contribution in [0, 0.1) is 6.92 Å². The van der Waals surface area contributed by atoms with Crippen molar-refractivity contribution in [2.24, 2.45) is 0 Å². The SMILES string of the molecule is COc1ccc(Br)cc1C=CC(=O)N(C)CC(=O)Nc1ccc(Br)cc1C. The summed E-state index contributed by atoms with van der Waals surface area (Å²) in [4.78, 5) is 25.9. The molecule has 0 spiro atoms. The molecule has 0 radical (unpaired) electrons. The van der Waals surface area contributed by atoms with Crippen LogP contribution in [0.4, 0.5) is 5.69 Å². The fourth-order valence-electron chi connectivity index (χ4n) is 2.37. The van der Waals surface area contributed by atoms with Gasteiger partial charge in [-0.05, 0) is 55.0 Å². The lowest BCUT2D eigenvalue weighted by molar-refractivity contribution is -0.129. The molecule has 0 aromatic heterocycles. The number of carbonyl (C=O) groups is 2. The van der Waals surface area contributed by atoms with Gasteiger partial charge in [0.15, 0.2) is 0 Å². The van der Waals surface area contributed by atoms with Crippen molar-refractivity contribution in [1.82, 2.24) is 4.90 Å². The van der Waals surface area contributed by atoms with Crippen LogP contribution in [0.2, 0.25) is 0 Å². The van der Waals surface area contributed by atoms with Crippen molar-refractivity contribution < 1.29 is 14.3 Å². The summed E-state index contributed by atoms with van der Waals surface area (Å²) in [5, 5.41) is 2.82. The molecule has 0 fully saturated rings. The smallest absolute Gasteiger partial charge is 0.246 e. The molecule has 2 rings (SSSR count). The molecule has 5 nitrogen and oxygen atoms in total. The van der Waals surface area contributed by atoms with E-state index >= 15 is 0 Å². The monoisotopic (exact) mass is 494 g/mol. The third-order valence-electron chi connectivity index (χ3n) is 3.82. The predicted molar refractivity (Wildman–Crippen MR) is 115 cm³/mol. The number of methoxy groups -OCH3 is 1. The molecular formula is C20H20Br2N2O3. The fraction of sp³-hybridized carbons (Fsp3) is 0.200. The maximum atomic E-state index is 12.3. The van der Waals surface area contributed by atoms with Gasteiger partial charge in [-0.1, -0.05) is 31.9 Å². The maximum Gasteiger partial charge on any atom is 0.246 e. The number of carbonyl (C=O) groups excluding carboxylic acids is 2. The number of anilines is 1. The van der Waals surface area contributed by atoms with Crippen LogP contribution >= 0.6 is 31.9 Å². The van der Waals surface area contributed by atoms with Crippen molar-refractivity contribution >= 4 is 55.4 Å². The predicted octanol–water partition coefficient (Wildman–Crippen LogP) is 4.64. The number of ether oxygens (including phenoxy) is 1. The Hall–Kier alpha value is -2.12. The van der Waals surface area contributed by atoms with Crippen LogP contribution in [0.15, 0.2) is 51.4 Å². The van der Waals surface area contributed by atoms with Crippen LogP contribution in [-0.2, 0) is 9.59 Å². The third-order valence-corrected chi connectivity index (χ3v) is 4.80. The van der Waals surface area contributed by atoms with E-state index in [-0.39, 0.29) is 18.4 Å². The Bertz CT molecular complexity index is 882. The van der Waals surface area contributed by atoms with Crippen LogP contribution in [0.25, 0.3) is 6.08 Å². The van der Waals surface area contributed by atoms with E-state index < -0.39 is 0 Å². The van der Waals surface area contributed by atoms with Crippen LogP contribution < -0.4 is 10.1 Å². The summed E-state index contributed by atoms with van der Waals surface area (Å²) in [7, 11) is 3.15.